The molecule has 0 aliphatic carbocycles. The van der Waals surface area contributed by atoms with Gasteiger partial charge in [0.1, 0.15) is 9.71 Å². The fourth-order valence-electron chi connectivity index (χ4n) is 2.96. The molecule has 0 saturated heterocycles. The number of fused-ring (bicyclic) bond motifs is 1. The SMILES string of the molecule is Cc1ccnc2sc(C(=O)NN(c3ccccc3)c3ccccc3)c(N)c12. The van der Waals surface area contributed by atoms with Gasteiger partial charge < -0.3 is 5.73 Å². The van der Waals surface area contributed by atoms with Crippen LogP contribution in [-0.2, 0) is 0 Å². The second kappa shape index (κ2) is 7.09. The van der Waals surface area contributed by atoms with Gasteiger partial charge in [0.05, 0.1) is 17.1 Å². The molecule has 0 spiro atoms. The number of rotatable bonds is 4. The molecule has 0 fully saturated rings. The standard InChI is InChI=1S/C21H18N4OS/c1-14-12-13-23-21-17(14)18(22)19(27-21)20(26)24-25(15-8-4-2-5-9-15)16-10-6-3-7-11-16/h2-13H,22H2,1H3,(H,24,26). The highest BCUT2D eigenvalue weighted by molar-refractivity contribution is 7.21. The highest BCUT2D eigenvalue weighted by atomic mass is 32.1. The van der Waals surface area contributed by atoms with Crippen LogP contribution in [0.1, 0.15) is 15.2 Å². The Morgan fingerprint density at radius 1 is 1.00 bits per heavy atom. The van der Waals surface area contributed by atoms with Crippen molar-refractivity contribution in [2.45, 2.75) is 6.92 Å². The van der Waals surface area contributed by atoms with Crippen LogP contribution in [0.3, 0.4) is 0 Å². The molecule has 2 aromatic heterocycles. The van der Waals surface area contributed by atoms with Gasteiger partial charge in [-0.1, -0.05) is 36.4 Å². The van der Waals surface area contributed by atoms with Crippen molar-refractivity contribution in [3.63, 3.8) is 0 Å². The van der Waals surface area contributed by atoms with Gasteiger partial charge in [0, 0.05) is 11.6 Å². The van der Waals surface area contributed by atoms with Crippen LogP contribution in [0.25, 0.3) is 10.2 Å². The number of benzene rings is 2. The summed E-state index contributed by atoms with van der Waals surface area (Å²) in [6, 6.07) is 21.2. The summed E-state index contributed by atoms with van der Waals surface area (Å²) in [6.07, 6.45) is 1.73. The number of carbonyl (C=O) groups is 1. The first-order valence-electron chi connectivity index (χ1n) is 8.50. The number of pyridine rings is 1. The molecule has 0 radical (unpaired) electrons. The van der Waals surface area contributed by atoms with E-state index in [2.05, 4.69) is 10.4 Å². The molecule has 2 heterocycles. The molecule has 1 amide bonds. The van der Waals surface area contributed by atoms with Crippen LogP contribution in [0.15, 0.2) is 72.9 Å². The maximum absolute atomic E-state index is 13.1. The Labute approximate surface area is 161 Å². The average molecular weight is 374 g/mol. The lowest BCUT2D eigenvalue weighted by molar-refractivity contribution is 0.0958. The first kappa shape index (κ1) is 17.1. The highest BCUT2D eigenvalue weighted by Crippen LogP contribution is 2.34. The minimum absolute atomic E-state index is 0.261. The maximum atomic E-state index is 13.1. The minimum Gasteiger partial charge on any atom is -0.397 e. The second-order valence-electron chi connectivity index (χ2n) is 6.10. The van der Waals surface area contributed by atoms with Gasteiger partial charge in [-0.2, -0.15) is 0 Å². The van der Waals surface area contributed by atoms with Crippen molar-refractivity contribution in [1.29, 1.82) is 0 Å². The number of aryl methyl sites for hydroxylation is 1. The predicted octanol–water partition coefficient (Wildman–Crippen LogP) is 4.67. The molecule has 2 aromatic carbocycles. The normalized spacial score (nSPS) is 10.7. The molecule has 0 bridgehead atoms. The van der Waals surface area contributed by atoms with Crippen LogP contribution >= 0.6 is 11.3 Å². The summed E-state index contributed by atoms with van der Waals surface area (Å²) in [7, 11) is 0. The number of hydrogen-bond donors (Lipinski definition) is 2. The van der Waals surface area contributed by atoms with E-state index in [-0.39, 0.29) is 5.91 Å². The Balaban J connectivity index is 1.73. The monoisotopic (exact) mass is 374 g/mol. The van der Waals surface area contributed by atoms with E-state index in [1.807, 2.05) is 73.7 Å². The summed E-state index contributed by atoms with van der Waals surface area (Å²) in [5.74, 6) is -0.261. The molecule has 6 heteroatoms. The Hall–Kier alpha value is -3.38. The van der Waals surface area contributed by atoms with E-state index >= 15 is 0 Å². The number of carbonyl (C=O) groups excluding carboxylic acids is 1. The average Bonchev–Trinajstić information content (AvgIpc) is 3.05. The summed E-state index contributed by atoms with van der Waals surface area (Å²) in [4.78, 5) is 18.6. The van der Waals surface area contributed by atoms with Gasteiger partial charge in [-0.3, -0.25) is 15.2 Å². The van der Waals surface area contributed by atoms with Crippen LogP contribution in [0, 0.1) is 6.92 Å². The zero-order valence-electron chi connectivity index (χ0n) is 14.7. The number of nitrogens with zero attached hydrogens (tertiary/aromatic N) is 2. The lowest BCUT2D eigenvalue weighted by Gasteiger charge is -2.25. The van der Waals surface area contributed by atoms with Crippen molar-refractivity contribution < 1.29 is 4.79 Å². The van der Waals surface area contributed by atoms with E-state index in [9.17, 15) is 4.79 Å². The van der Waals surface area contributed by atoms with Crippen LogP contribution in [-0.4, -0.2) is 10.9 Å². The van der Waals surface area contributed by atoms with Crippen LogP contribution in [0.2, 0.25) is 0 Å². The zero-order valence-corrected chi connectivity index (χ0v) is 15.5. The number of hydrogen-bond acceptors (Lipinski definition) is 5. The molecule has 0 aliphatic rings. The summed E-state index contributed by atoms with van der Waals surface area (Å²) in [6.45, 7) is 1.97. The van der Waals surface area contributed by atoms with Crippen molar-refractivity contribution in [2.75, 3.05) is 10.7 Å². The van der Waals surface area contributed by atoms with Crippen molar-refractivity contribution >= 4 is 44.5 Å². The Morgan fingerprint density at radius 2 is 1.59 bits per heavy atom. The molecule has 0 saturated carbocycles. The van der Waals surface area contributed by atoms with E-state index in [0.29, 0.717) is 10.6 Å². The Morgan fingerprint density at radius 3 is 2.15 bits per heavy atom. The van der Waals surface area contributed by atoms with Gasteiger partial charge in [0.2, 0.25) is 0 Å². The van der Waals surface area contributed by atoms with Crippen LogP contribution in [0.4, 0.5) is 17.1 Å². The molecule has 0 atom stereocenters. The summed E-state index contributed by atoms with van der Waals surface area (Å²) >= 11 is 1.30. The van der Waals surface area contributed by atoms with Crippen molar-refractivity contribution in [2.24, 2.45) is 0 Å². The Bertz CT molecular complexity index is 1050. The smallest absolute Gasteiger partial charge is 0.282 e. The second-order valence-corrected chi connectivity index (χ2v) is 7.10. The topological polar surface area (TPSA) is 71.2 Å². The maximum Gasteiger partial charge on any atom is 0.282 e. The molecule has 3 N–H and O–H groups in total. The number of para-hydroxylation sites is 2. The minimum atomic E-state index is -0.261. The van der Waals surface area contributed by atoms with Crippen molar-refractivity contribution in [3.8, 4) is 0 Å². The fourth-order valence-corrected chi connectivity index (χ4v) is 3.99. The summed E-state index contributed by atoms with van der Waals surface area (Å²) in [5.41, 5.74) is 12.5. The van der Waals surface area contributed by atoms with Gasteiger partial charge in [-0.05, 0) is 42.8 Å². The number of amides is 1. The molecular formula is C21H18N4OS. The van der Waals surface area contributed by atoms with Crippen molar-refractivity contribution in [3.05, 3.63) is 83.4 Å². The largest absolute Gasteiger partial charge is 0.397 e. The molecule has 27 heavy (non-hydrogen) atoms. The number of thiophene rings is 1. The quantitative estimate of drug-likeness (QED) is 0.509. The molecule has 134 valence electrons. The first-order valence-corrected chi connectivity index (χ1v) is 9.31. The van der Waals surface area contributed by atoms with E-state index in [0.717, 1.165) is 27.2 Å². The number of nitrogen functional groups attached to an aromatic ring is 1. The first-order chi connectivity index (χ1) is 13.1. The molecule has 5 nitrogen and oxygen atoms in total. The lowest BCUT2D eigenvalue weighted by Crippen LogP contribution is -2.38. The fraction of sp³-hybridized carbons (Fsp3) is 0.0476. The van der Waals surface area contributed by atoms with E-state index in [1.54, 1.807) is 11.2 Å². The third-order valence-electron chi connectivity index (χ3n) is 4.29. The van der Waals surface area contributed by atoms with E-state index < -0.39 is 0 Å². The molecular weight excluding hydrogens is 356 g/mol. The van der Waals surface area contributed by atoms with E-state index in [4.69, 9.17) is 5.73 Å². The Kier molecular flexibility index (Phi) is 4.48. The van der Waals surface area contributed by atoms with Crippen LogP contribution < -0.4 is 16.2 Å². The van der Waals surface area contributed by atoms with Gasteiger partial charge in [-0.25, -0.2) is 4.98 Å². The number of aromatic nitrogens is 1. The number of nitrogens with one attached hydrogen (secondary N) is 1. The number of hydrazine groups is 1. The summed E-state index contributed by atoms with van der Waals surface area (Å²) < 4.78 is 0. The van der Waals surface area contributed by atoms with Gasteiger partial charge in [0.25, 0.3) is 5.91 Å². The summed E-state index contributed by atoms with van der Waals surface area (Å²) in [5, 5.41) is 2.60. The highest BCUT2D eigenvalue weighted by Gasteiger charge is 2.21. The van der Waals surface area contributed by atoms with Crippen molar-refractivity contribution in [1.82, 2.24) is 10.4 Å². The third kappa shape index (κ3) is 3.22. The van der Waals surface area contributed by atoms with Crippen LogP contribution in [0.5, 0.6) is 0 Å². The van der Waals surface area contributed by atoms with Gasteiger partial charge >= 0.3 is 0 Å². The zero-order chi connectivity index (χ0) is 18.8. The number of nitrogens with two attached hydrogens (primary N) is 1. The van der Waals surface area contributed by atoms with Gasteiger partial charge in [0.15, 0.2) is 0 Å². The third-order valence-corrected chi connectivity index (χ3v) is 5.40. The number of anilines is 3. The molecule has 0 unspecified atom stereocenters. The lowest BCUT2D eigenvalue weighted by atomic mass is 10.2. The molecule has 4 rings (SSSR count). The predicted molar refractivity (Wildman–Crippen MR) is 111 cm³/mol. The van der Waals surface area contributed by atoms with E-state index in [1.165, 1.54) is 11.3 Å². The molecule has 4 aromatic rings. The molecule has 0 aliphatic heterocycles. The van der Waals surface area contributed by atoms with Gasteiger partial charge in [-0.15, -0.1) is 11.3 Å².